The predicted octanol–water partition coefficient (Wildman–Crippen LogP) is 1.93. The number of hydrogen-bond donors (Lipinski definition) is 2. The largest absolute Gasteiger partial charge is 0.493 e. The van der Waals surface area contributed by atoms with E-state index in [1.807, 2.05) is 0 Å². The highest BCUT2D eigenvalue weighted by atomic mass is 79.9. The van der Waals surface area contributed by atoms with Crippen LogP contribution in [0.2, 0.25) is 0 Å². The summed E-state index contributed by atoms with van der Waals surface area (Å²) in [7, 11) is 1.49. The highest BCUT2D eigenvalue weighted by molar-refractivity contribution is 9.10. The smallest absolute Gasteiger partial charge is 0.328 e. The van der Waals surface area contributed by atoms with Crippen molar-refractivity contribution in [1.29, 1.82) is 0 Å². The molecule has 1 aromatic carbocycles. The third-order valence-electron chi connectivity index (χ3n) is 2.04. The van der Waals surface area contributed by atoms with Gasteiger partial charge in [0, 0.05) is 10.5 Å². The van der Waals surface area contributed by atoms with Crippen molar-refractivity contribution >= 4 is 28.0 Å². The van der Waals surface area contributed by atoms with Crippen LogP contribution in [0.3, 0.4) is 0 Å². The number of aliphatic carboxylic acids is 1. The summed E-state index contributed by atoms with van der Waals surface area (Å²) in [5.41, 5.74) is 0.658. The average molecular weight is 317 g/mol. The van der Waals surface area contributed by atoms with Gasteiger partial charge >= 0.3 is 5.97 Å². The van der Waals surface area contributed by atoms with E-state index in [4.69, 9.17) is 19.7 Å². The first-order valence-electron chi connectivity index (χ1n) is 5.10. The minimum atomic E-state index is -1.03. The summed E-state index contributed by atoms with van der Waals surface area (Å²) in [6.45, 7) is 0.0640. The maximum absolute atomic E-state index is 10.5. The molecule has 0 atom stereocenters. The van der Waals surface area contributed by atoms with Crippen molar-refractivity contribution in [2.75, 3.05) is 20.3 Å². The van der Waals surface area contributed by atoms with Crippen molar-refractivity contribution in [3.8, 4) is 11.5 Å². The SMILES string of the molecule is COc1cc(C=CC(=O)O)c(Br)cc1OCCO. The van der Waals surface area contributed by atoms with Crippen LogP contribution in [0, 0.1) is 0 Å². The Morgan fingerprint density at radius 3 is 2.72 bits per heavy atom. The quantitative estimate of drug-likeness (QED) is 0.784. The zero-order valence-corrected chi connectivity index (χ0v) is 11.3. The number of benzene rings is 1. The fraction of sp³-hybridized carbons (Fsp3) is 0.250. The molecule has 0 aliphatic heterocycles. The topological polar surface area (TPSA) is 76.0 Å². The molecule has 0 fully saturated rings. The molecule has 6 heteroatoms. The summed E-state index contributed by atoms with van der Waals surface area (Å²) in [6.07, 6.45) is 2.48. The molecule has 0 amide bonds. The summed E-state index contributed by atoms with van der Waals surface area (Å²) in [5, 5.41) is 17.3. The van der Waals surface area contributed by atoms with E-state index in [-0.39, 0.29) is 13.2 Å². The van der Waals surface area contributed by atoms with Crippen LogP contribution in [0.4, 0.5) is 0 Å². The van der Waals surface area contributed by atoms with E-state index in [2.05, 4.69) is 15.9 Å². The summed E-state index contributed by atoms with van der Waals surface area (Å²) in [4.78, 5) is 10.5. The highest BCUT2D eigenvalue weighted by Gasteiger charge is 2.09. The Hall–Kier alpha value is -1.53. The maximum Gasteiger partial charge on any atom is 0.328 e. The Balaban J connectivity index is 3.05. The summed E-state index contributed by atoms with van der Waals surface area (Å²) in [6, 6.07) is 3.31. The molecule has 98 valence electrons. The summed E-state index contributed by atoms with van der Waals surface area (Å²) < 4.78 is 11.1. The molecule has 1 aromatic rings. The molecule has 0 unspecified atom stereocenters. The fourth-order valence-electron chi connectivity index (χ4n) is 1.27. The second kappa shape index (κ2) is 7.03. The van der Waals surface area contributed by atoms with Crippen LogP contribution in [0.15, 0.2) is 22.7 Å². The number of rotatable bonds is 6. The van der Waals surface area contributed by atoms with Crippen LogP contribution in [0.1, 0.15) is 5.56 Å². The van der Waals surface area contributed by atoms with Gasteiger partial charge in [0.1, 0.15) is 6.61 Å². The Bertz CT molecular complexity index is 456. The Morgan fingerprint density at radius 2 is 2.17 bits per heavy atom. The number of ether oxygens (including phenoxy) is 2. The molecule has 0 spiro atoms. The minimum absolute atomic E-state index is 0.0958. The summed E-state index contributed by atoms with van der Waals surface area (Å²) in [5.74, 6) is -0.0796. The minimum Gasteiger partial charge on any atom is -0.493 e. The summed E-state index contributed by atoms with van der Waals surface area (Å²) >= 11 is 3.31. The second-order valence-corrected chi connectivity index (χ2v) is 4.12. The lowest BCUT2D eigenvalue weighted by molar-refractivity contribution is -0.131. The van der Waals surface area contributed by atoms with Crippen molar-refractivity contribution in [3.63, 3.8) is 0 Å². The second-order valence-electron chi connectivity index (χ2n) is 3.27. The molecule has 18 heavy (non-hydrogen) atoms. The zero-order chi connectivity index (χ0) is 13.5. The number of hydrogen-bond acceptors (Lipinski definition) is 4. The van der Waals surface area contributed by atoms with Crippen LogP contribution >= 0.6 is 15.9 Å². The van der Waals surface area contributed by atoms with Crippen LogP contribution in [0.25, 0.3) is 6.08 Å². The number of carboxylic acids is 1. The molecule has 0 aliphatic carbocycles. The lowest BCUT2D eigenvalue weighted by Gasteiger charge is -2.11. The van der Waals surface area contributed by atoms with Gasteiger partial charge in [0.05, 0.1) is 13.7 Å². The van der Waals surface area contributed by atoms with E-state index in [0.717, 1.165) is 6.08 Å². The van der Waals surface area contributed by atoms with E-state index in [1.165, 1.54) is 13.2 Å². The van der Waals surface area contributed by atoms with Gasteiger partial charge in [-0.25, -0.2) is 4.79 Å². The Labute approximate surface area is 113 Å². The van der Waals surface area contributed by atoms with Gasteiger partial charge in [-0.3, -0.25) is 0 Å². The van der Waals surface area contributed by atoms with E-state index < -0.39 is 5.97 Å². The Kier molecular flexibility index (Phi) is 5.67. The van der Waals surface area contributed by atoms with Gasteiger partial charge in [0.15, 0.2) is 11.5 Å². The van der Waals surface area contributed by atoms with E-state index in [1.54, 1.807) is 12.1 Å². The van der Waals surface area contributed by atoms with Gasteiger partial charge in [0.2, 0.25) is 0 Å². The molecule has 0 saturated heterocycles. The normalized spacial score (nSPS) is 10.6. The van der Waals surface area contributed by atoms with Crippen LogP contribution in [-0.4, -0.2) is 36.5 Å². The van der Waals surface area contributed by atoms with Gasteiger partial charge in [0.25, 0.3) is 0 Å². The number of halogens is 1. The Morgan fingerprint density at radius 1 is 1.44 bits per heavy atom. The van der Waals surface area contributed by atoms with Crippen molar-refractivity contribution < 1.29 is 24.5 Å². The van der Waals surface area contributed by atoms with E-state index >= 15 is 0 Å². The van der Waals surface area contributed by atoms with Gasteiger partial charge in [-0.05, 0) is 23.8 Å². The van der Waals surface area contributed by atoms with Crippen molar-refractivity contribution in [3.05, 3.63) is 28.2 Å². The highest BCUT2D eigenvalue weighted by Crippen LogP contribution is 2.34. The number of methoxy groups -OCH3 is 1. The first kappa shape index (κ1) is 14.5. The van der Waals surface area contributed by atoms with Crippen molar-refractivity contribution in [2.24, 2.45) is 0 Å². The molecular formula is C12H13BrO5. The lowest BCUT2D eigenvalue weighted by atomic mass is 10.2. The monoisotopic (exact) mass is 316 g/mol. The van der Waals surface area contributed by atoms with Crippen LogP contribution in [0.5, 0.6) is 11.5 Å². The number of carboxylic acid groups (broad SMARTS) is 1. The lowest BCUT2D eigenvalue weighted by Crippen LogP contribution is -2.03. The van der Waals surface area contributed by atoms with E-state index in [9.17, 15) is 4.79 Å². The molecule has 0 aliphatic rings. The number of aliphatic hydroxyl groups excluding tert-OH is 1. The average Bonchev–Trinajstić information content (AvgIpc) is 2.34. The van der Waals surface area contributed by atoms with Crippen molar-refractivity contribution in [1.82, 2.24) is 0 Å². The van der Waals surface area contributed by atoms with Gasteiger partial charge < -0.3 is 19.7 Å². The fourth-order valence-corrected chi connectivity index (χ4v) is 1.72. The molecule has 0 saturated carbocycles. The first-order valence-corrected chi connectivity index (χ1v) is 5.90. The third kappa shape index (κ3) is 4.05. The van der Waals surface area contributed by atoms with E-state index in [0.29, 0.717) is 21.5 Å². The molecule has 0 aromatic heterocycles. The van der Waals surface area contributed by atoms with Gasteiger partial charge in [-0.1, -0.05) is 15.9 Å². The van der Waals surface area contributed by atoms with Crippen molar-refractivity contribution in [2.45, 2.75) is 0 Å². The van der Waals surface area contributed by atoms with Gasteiger partial charge in [-0.15, -0.1) is 0 Å². The molecule has 2 N–H and O–H groups in total. The molecule has 0 heterocycles. The number of aliphatic hydroxyl groups is 1. The third-order valence-corrected chi connectivity index (χ3v) is 2.72. The number of carbonyl (C=O) groups is 1. The first-order chi connectivity index (χ1) is 8.58. The zero-order valence-electron chi connectivity index (χ0n) is 9.72. The molecular weight excluding hydrogens is 304 g/mol. The van der Waals surface area contributed by atoms with Crippen LogP contribution in [-0.2, 0) is 4.79 Å². The van der Waals surface area contributed by atoms with Gasteiger partial charge in [-0.2, -0.15) is 0 Å². The maximum atomic E-state index is 10.5. The molecule has 1 rings (SSSR count). The molecule has 5 nitrogen and oxygen atoms in total. The molecule has 0 radical (unpaired) electrons. The standard InChI is InChI=1S/C12H13BrO5/c1-17-10-6-8(2-3-12(15)16)9(13)7-11(10)18-5-4-14/h2-3,6-7,14H,4-5H2,1H3,(H,15,16). The molecule has 0 bridgehead atoms. The van der Waals surface area contributed by atoms with Crippen LogP contribution < -0.4 is 9.47 Å². The predicted molar refractivity (Wildman–Crippen MR) is 69.9 cm³/mol.